The topological polar surface area (TPSA) is 65.6 Å². The van der Waals surface area contributed by atoms with E-state index in [0.29, 0.717) is 33.8 Å². The quantitative estimate of drug-likeness (QED) is 0.300. The molecule has 0 N–H and O–H groups in total. The Labute approximate surface area is 201 Å². The van der Waals surface area contributed by atoms with Gasteiger partial charge in [0, 0.05) is 15.2 Å². The van der Waals surface area contributed by atoms with Gasteiger partial charge in [0.1, 0.15) is 17.2 Å². The standard InChI is InChI=1S/C25H15BrClN5O/c26-16-7-11-18(12-8-16)32-23-21(22-24(32)30-20-4-2-1-3-19(20)29-22)25(33)31(14-28-23)13-15-5-9-17(27)10-6-15/h1-12,14H,13H2. The van der Waals surface area contributed by atoms with Gasteiger partial charge in [-0.15, -0.1) is 0 Å². The number of para-hydroxylation sites is 2. The molecule has 3 aromatic carbocycles. The number of halogens is 2. The van der Waals surface area contributed by atoms with Gasteiger partial charge in [0.15, 0.2) is 11.3 Å². The number of aromatic nitrogens is 5. The molecule has 0 amide bonds. The Bertz CT molecular complexity index is 1720. The molecule has 0 spiro atoms. The highest BCUT2D eigenvalue weighted by atomic mass is 79.9. The van der Waals surface area contributed by atoms with Gasteiger partial charge in [0.25, 0.3) is 5.56 Å². The largest absolute Gasteiger partial charge is 0.294 e. The maximum absolute atomic E-state index is 13.7. The third-order valence-corrected chi connectivity index (χ3v) is 6.36. The summed E-state index contributed by atoms with van der Waals surface area (Å²) in [6.45, 7) is 0.380. The monoisotopic (exact) mass is 515 g/mol. The highest BCUT2D eigenvalue weighted by Crippen LogP contribution is 2.28. The van der Waals surface area contributed by atoms with Gasteiger partial charge in [-0.2, -0.15) is 0 Å². The molecule has 3 heterocycles. The number of hydrogen-bond acceptors (Lipinski definition) is 4. The van der Waals surface area contributed by atoms with Gasteiger partial charge in [-0.3, -0.25) is 13.9 Å². The maximum atomic E-state index is 13.7. The van der Waals surface area contributed by atoms with Crippen LogP contribution in [0.5, 0.6) is 0 Å². The highest BCUT2D eigenvalue weighted by molar-refractivity contribution is 9.10. The highest BCUT2D eigenvalue weighted by Gasteiger charge is 2.20. The number of benzene rings is 3. The molecular formula is C25H15BrClN5O. The minimum atomic E-state index is -0.166. The third kappa shape index (κ3) is 3.41. The molecule has 0 unspecified atom stereocenters. The van der Waals surface area contributed by atoms with Crippen LogP contribution < -0.4 is 5.56 Å². The lowest BCUT2D eigenvalue weighted by Crippen LogP contribution is -2.21. The molecule has 0 atom stereocenters. The summed E-state index contributed by atoms with van der Waals surface area (Å²) >= 11 is 9.49. The average Bonchev–Trinajstić information content (AvgIpc) is 3.15. The van der Waals surface area contributed by atoms with Crippen LogP contribution in [-0.4, -0.2) is 24.1 Å². The molecule has 8 heteroatoms. The van der Waals surface area contributed by atoms with Gasteiger partial charge in [0.05, 0.1) is 17.6 Å². The van der Waals surface area contributed by atoms with Crippen LogP contribution in [0.2, 0.25) is 5.02 Å². The predicted octanol–water partition coefficient (Wildman–Crippen LogP) is 5.75. The predicted molar refractivity (Wildman–Crippen MR) is 134 cm³/mol. The van der Waals surface area contributed by atoms with Crippen LogP contribution in [0.25, 0.3) is 38.9 Å². The first-order chi connectivity index (χ1) is 16.1. The smallest absolute Gasteiger partial charge is 0.265 e. The fraction of sp³-hybridized carbons (Fsp3) is 0.0400. The molecule has 0 aliphatic rings. The van der Waals surface area contributed by atoms with Crippen LogP contribution in [0.1, 0.15) is 5.56 Å². The first-order valence-electron chi connectivity index (χ1n) is 10.3. The van der Waals surface area contributed by atoms with Gasteiger partial charge in [0.2, 0.25) is 0 Å². The zero-order valence-corrected chi connectivity index (χ0v) is 19.5. The van der Waals surface area contributed by atoms with Crippen LogP contribution in [0.3, 0.4) is 0 Å². The number of fused-ring (bicyclic) bond motifs is 4. The summed E-state index contributed by atoms with van der Waals surface area (Å²) in [6.07, 6.45) is 1.58. The van der Waals surface area contributed by atoms with E-state index in [2.05, 4.69) is 15.9 Å². The first kappa shape index (κ1) is 20.1. The molecule has 6 nitrogen and oxygen atoms in total. The molecular weight excluding hydrogens is 502 g/mol. The molecule has 0 saturated heterocycles. The van der Waals surface area contributed by atoms with E-state index < -0.39 is 0 Å². The Morgan fingerprint density at radius 3 is 2.27 bits per heavy atom. The molecule has 0 bridgehead atoms. The van der Waals surface area contributed by atoms with E-state index in [1.54, 1.807) is 10.9 Å². The van der Waals surface area contributed by atoms with Crippen LogP contribution in [-0.2, 0) is 6.54 Å². The lowest BCUT2D eigenvalue weighted by molar-refractivity contribution is 0.747. The summed E-state index contributed by atoms with van der Waals surface area (Å²) < 4.78 is 4.44. The molecule has 6 aromatic rings. The molecule has 160 valence electrons. The second-order valence-corrected chi connectivity index (χ2v) is 9.05. The van der Waals surface area contributed by atoms with E-state index in [0.717, 1.165) is 26.8 Å². The van der Waals surface area contributed by atoms with Crippen molar-refractivity contribution in [3.63, 3.8) is 0 Å². The zero-order chi connectivity index (χ0) is 22.5. The number of rotatable bonds is 3. The van der Waals surface area contributed by atoms with Crippen molar-refractivity contribution in [3.8, 4) is 5.69 Å². The lowest BCUT2D eigenvalue weighted by atomic mass is 10.2. The fourth-order valence-electron chi connectivity index (χ4n) is 4.01. The van der Waals surface area contributed by atoms with E-state index in [4.69, 9.17) is 26.6 Å². The van der Waals surface area contributed by atoms with Gasteiger partial charge >= 0.3 is 0 Å². The second-order valence-electron chi connectivity index (χ2n) is 7.70. The molecule has 6 rings (SSSR count). The van der Waals surface area contributed by atoms with Gasteiger partial charge in [-0.25, -0.2) is 15.0 Å². The second kappa shape index (κ2) is 7.79. The molecule has 0 radical (unpaired) electrons. The Kier molecular flexibility index (Phi) is 4.74. The van der Waals surface area contributed by atoms with Gasteiger partial charge < -0.3 is 0 Å². The Hall–Kier alpha value is -3.55. The normalized spacial score (nSPS) is 11.6. The van der Waals surface area contributed by atoms with E-state index in [-0.39, 0.29) is 5.56 Å². The average molecular weight is 517 g/mol. The van der Waals surface area contributed by atoms with Crippen molar-refractivity contribution in [1.29, 1.82) is 0 Å². The summed E-state index contributed by atoms with van der Waals surface area (Å²) in [5.41, 5.74) is 4.79. The number of hydrogen-bond donors (Lipinski definition) is 0. The van der Waals surface area contributed by atoms with Crippen molar-refractivity contribution in [1.82, 2.24) is 24.1 Å². The van der Waals surface area contributed by atoms with E-state index in [9.17, 15) is 4.79 Å². The molecule has 0 fully saturated rings. The lowest BCUT2D eigenvalue weighted by Gasteiger charge is -2.08. The maximum Gasteiger partial charge on any atom is 0.265 e. The van der Waals surface area contributed by atoms with E-state index in [1.165, 1.54) is 0 Å². The summed E-state index contributed by atoms with van der Waals surface area (Å²) in [6, 6.07) is 22.9. The zero-order valence-electron chi connectivity index (χ0n) is 17.1. The minimum absolute atomic E-state index is 0.166. The minimum Gasteiger partial charge on any atom is -0.294 e. The van der Waals surface area contributed by atoms with Crippen molar-refractivity contribution in [3.05, 3.63) is 105 Å². The van der Waals surface area contributed by atoms with Crippen molar-refractivity contribution in [2.45, 2.75) is 6.54 Å². The van der Waals surface area contributed by atoms with Crippen LogP contribution in [0.4, 0.5) is 0 Å². The van der Waals surface area contributed by atoms with Crippen molar-refractivity contribution < 1.29 is 0 Å². The van der Waals surface area contributed by atoms with Gasteiger partial charge in [-0.05, 0) is 54.1 Å². The summed E-state index contributed by atoms with van der Waals surface area (Å²) in [7, 11) is 0. The number of nitrogens with zero attached hydrogens (tertiary/aromatic N) is 5. The fourth-order valence-corrected chi connectivity index (χ4v) is 4.40. The Morgan fingerprint density at radius 2 is 1.55 bits per heavy atom. The Balaban J connectivity index is 1.67. The molecule has 0 aliphatic heterocycles. The Morgan fingerprint density at radius 1 is 0.848 bits per heavy atom. The van der Waals surface area contributed by atoms with Crippen molar-refractivity contribution in [2.24, 2.45) is 0 Å². The SMILES string of the molecule is O=c1c2c3nc4ccccc4nc3n(-c3ccc(Br)cc3)c2ncn1Cc1ccc(Cl)cc1. The summed E-state index contributed by atoms with van der Waals surface area (Å²) in [5.74, 6) is 0. The van der Waals surface area contributed by atoms with Crippen LogP contribution >= 0.6 is 27.5 Å². The van der Waals surface area contributed by atoms with E-state index >= 15 is 0 Å². The molecule has 0 saturated carbocycles. The van der Waals surface area contributed by atoms with Crippen LogP contribution in [0.15, 0.2) is 88.4 Å². The summed E-state index contributed by atoms with van der Waals surface area (Å²) in [4.78, 5) is 28.0. The summed E-state index contributed by atoms with van der Waals surface area (Å²) in [5, 5.41) is 1.10. The van der Waals surface area contributed by atoms with Crippen molar-refractivity contribution >= 4 is 60.8 Å². The first-order valence-corrected chi connectivity index (χ1v) is 11.4. The third-order valence-electron chi connectivity index (χ3n) is 5.58. The molecule has 0 aliphatic carbocycles. The van der Waals surface area contributed by atoms with Crippen molar-refractivity contribution in [2.75, 3.05) is 0 Å². The van der Waals surface area contributed by atoms with Crippen LogP contribution in [0, 0.1) is 0 Å². The molecule has 33 heavy (non-hydrogen) atoms. The van der Waals surface area contributed by atoms with Gasteiger partial charge in [-0.1, -0.05) is 51.8 Å². The molecule has 3 aromatic heterocycles. The van der Waals surface area contributed by atoms with E-state index in [1.807, 2.05) is 77.4 Å².